The molecule has 0 heterocycles. The van der Waals surface area contributed by atoms with E-state index < -0.39 is 7.05 Å². The van der Waals surface area contributed by atoms with Crippen LogP contribution in [0.3, 0.4) is 0 Å². The molecule has 0 unspecified atom stereocenters. The molecular weight excluding hydrogens is 533 g/mol. The van der Waals surface area contributed by atoms with Crippen LogP contribution in [0, 0.1) is 0 Å². The van der Waals surface area contributed by atoms with E-state index in [4.69, 9.17) is 21.7 Å². The van der Waals surface area contributed by atoms with E-state index in [0.717, 1.165) is 5.69 Å². The van der Waals surface area contributed by atoms with Gasteiger partial charge in [0.25, 0.3) is 0 Å². The van der Waals surface area contributed by atoms with Gasteiger partial charge in [-0.15, -0.1) is 0 Å². The van der Waals surface area contributed by atoms with Gasteiger partial charge in [0, 0.05) is 21.7 Å². The fraction of sp³-hybridized carbons (Fsp3) is 0.0882. The van der Waals surface area contributed by atoms with Crippen LogP contribution >= 0.6 is 31.0 Å². The minimum atomic E-state index is -2.41. The molecule has 1 aliphatic rings. The zero-order valence-corrected chi connectivity index (χ0v) is 24.2. The van der Waals surface area contributed by atoms with Gasteiger partial charge in [-0.1, -0.05) is 127 Å². The maximum Gasteiger partial charge on any atom is 0.220 e. The van der Waals surface area contributed by atoms with E-state index in [1.54, 1.807) is 11.8 Å². The van der Waals surface area contributed by atoms with Gasteiger partial charge in [-0.05, 0) is 59.1 Å². The highest BCUT2D eigenvalue weighted by Crippen LogP contribution is 2.54. The lowest BCUT2D eigenvalue weighted by atomic mass is 9.79. The third-order valence-corrected chi connectivity index (χ3v) is 11.9. The summed E-state index contributed by atoms with van der Waals surface area (Å²) in [6, 6.07) is 45.6. The predicted molar refractivity (Wildman–Crippen MR) is 174 cm³/mol. The molecule has 5 aromatic rings. The Bertz CT molecular complexity index is 1580. The minimum Gasteiger partial charge on any atom is -0.479 e. The molecule has 0 spiro atoms. The van der Waals surface area contributed by atoms with E-state index in [0.29, 0.717) is 16.7 Å². The predicted octanol–water partition coefficient (Wildman–Crippen LogP) is 8.70. The molecule has 6 rings (SSSR count). The van der Waals surface area contributed by atoms with Crippen LogP contribution in [0.5, 0.6) is 0 Å². The first-order valence-corrected chi connectivity index (χ1v) is 16.2. The topological polar surface area (TPSA) is 21.6 Å². The van der Waals surface area contributed by atoms with Gasteiger partial charge in [-0.3, -0.25) is 4.74 Å². The fourth-order valence-corrected chi connectivity index (χ4v) is 9.75. The first-order valence-electron chi connectivity index (χ1n) is 13.1. The summed E-state index contributed by atoms with van der Waals surface area (Å²) in [6.07, 6.45) is 0. The van der Waals surface area contributed by atoms with Crippen LogP contribution < -0.4 is 15.9 Å². The molecule has 0 N–H and O–H groups in total. The van der Waals surface area contributed by atoms with Gasteiger partial charge in [-0.25, -0.2) is 0 Å². The molecule has 0 fully saturated rings. The summed E-state index contributed by atoms with van der Waals surface area (Å²) in [6.45, 7) is 2.54. The highest BCUT2D eigenvalue weighted by molar-refractivity contribution is 8.22. The summed E-state index contributed by atoms with van der Waals surface area (Å²) in [5.74, 6) is 0.700. The number of hydrogen-bond donors (Lipinski definition) is 0. The second-order valence-electron chi connectivity index (χ2n) is 9.29. The van der Waals surface area contributed by atoms with Gasteiger partial charge >= 0.3 is 0 Å². The van der Waals surface area contributed by atoms with Crippen LogP contribution in [0.2, 0.25) is 0 Å². The standard InChI is InChI=1S/C34H28NOPS2/c1-2-36-34(38)39-24-25-22-31-29-20-12-13-21-30(29)32(31)23-33(25)35-37(26-14-6-3-7-15-26,27-16-8-4-9-17-27)28-18-10-5-11-19-28/h3-23H,2,24H2,1H3. The zero-order valence-electron chi connectivity index (χ0n) is 21.7. The number of ether oxygens (including phenoxy) is 1. The fourth-order valence-electron chi connectivity index (χ4n) is 5.19. The first kappa shape index (κ1) is 25.8. The lowest BCUT2D eigenvalue weighted by molar-refractivity contribution is 0.346. The van der Waals surface area contributed by atoms with E-state index in [1.807, 2.05) is 6.92 Å². The molecule has 0 radical (unpaired) electrons. The van der Waals surface area contributed by atoms with E-state index in [-0.39, 0.29) is 0 Å². The average Bonchev–Trinajstić information content (AvgIpc) is 2.99. The van der Waals surface area contributed by atoms with Crippen molar-refractivity contribution in [3.63, 3.8) is 0 Å². The number of benzene rings is 5. The molecule has 0 bridgehead atoms. The average molecular weight is 562 g/mol. The molecule has 0 atom stereocenters. The van der Waals surface area contributed by atoms with E-state index >= 15 is 0 Å². The largest absolute Gasteiger partial charge is 0.479 e. The Balaban J connectivity index is 1.64. The molecule has 0 amide bonds. The molecule has 192 valence electrons. The third kappa shape index (κ3) is 4.89. The van der Waals surface area contributed by atoms with Crippen LogP contribution in [0.1, 0.15) is 12.5 Å². The summed E-state index contributed by atoms with van der Waals surface area (Å²) >= 11 is 7.05. The Morgan fingerprint density at radius 1 is 0.667 bits per heavy atom. The number of thiocarbonyl (C=S) groups is 1. The number of rotatable bonds is 7. The summed E-state index contributed by atoms with van der Waals surface area (Å²) in [5, 5.41) is 3.69. The third-order valence-electron chi connectivity index (χ3n) is 6.98. The molecule has 5 aromatic carbocycles. The van der Waals surface area contributed by atoms with Crippen LogP contribution in [0.4, 0.5) is 5.69 Å². The quantitative estimate of drug-likeness (QED) is 0.144. The normalized spacial score (nSPS) is 11.6. The lowest BCUT2D eigenvalue weighted by Gasteiger charge is -2.29. The maximum atomic E-state index is 5.85. The summed E-state index contributed by atoms with van der Waals surface area (Å²) < 4.78 is 12.0. The van der Waals surface area contributed by atoms with Crippen molar-refractivity contribution in [2.45, 2.75) is 12.7 Å². The number of nitrogens with zero attached hydrogens (tertiary/aromatic N) is 1. The number of thioether (sulfide) groups is 1. The Hall–Kier alpha value is -3.43. The second-order valence-corrected chi connectivity index (χ2v) is 13.9. The van der Waals surface area contributed by atoms with Crippen LogP contribution in [-0.2, 0) is 10.5 Å². The van der Waals surface area contributed by atoms with E-state index in [1.165, 1.54) is 43.7 Å². The van der Waals surface area contributed by atoms with Crippen molar-refractivity contribution in [2.75, 3.05) is 6.61 Å². The van der Waals surface area contributed by atoms with Crippen molar-refractivity contribution < 1.29 is 4.74 Å². The molecule has 0 saturated heterocycles. The molecule has 39 heavy (non-hydrogen) atoms. The smallest absolute Gasteiger partial charge is 0.220 e. The Morgan fingerprint density at radius 3 is 1.62 bits per heavy atom. The highest BCUT2D eigenvalue weighted by Gasteiger charge is 2.29. The van der Waals surface area contributed by atoms with Crippen molar-refractivity contribution in [3.05, 3.63) is 133 Å². The zero-order chi connectivity index (χ0) is 26.7. The lowest BCUT2D eigenvalue weighted by Crippen LogP contribution is -2.25. The van der Waals surface area contributed by atoms with Crippen molar-refractivity contribution >= 4 is 57.0 Å². The molecular formula is C34H28NOPS2. The number of fused-ring (bicyclic) bond motifs is 4. The van der Waals surface area contributed by atoms with Crippen molar-refractivity contribution in [3.8, 4) is 22.3 Å². The highest BCUT2D eigenvalue weighted by atomic mass is 32.2. The van der Waals surface area contributed by atoms with E-state index in [2.05, 4.69) is 127 Å². The van der Waals surface area contributed by atoms with E-state index in [9.17, 15) is 0 Å². The SMILES string of the molecule is CCOC(=S)SCc1cc2c(cc1N=P(c1ccccc1)(c1ccccc1)c1ccccc1)-c1ccccc1-2. The maximum absolute atomic E-state index is 5.85. The monoisotopic (exact) mass is 561 g/mol. The summed E-state index contributed by atoms with van der Waals surface area (Å²) in [5.41, 5.74) is 7.31. The van der Waals surface area contributed by atoms with Crippen molar-refractivity contribution in [1.82, 2.24) is 0 Å². The summed E-state index contributed by atoms with van der Waals surface area (Å²) in [4.78, 5) is 0. The van der Waals surface area contributed by atoms with Gasteiger partial charge in [0.05, 0.1) is 19.3 Å². The molecule has 1 aliphatic carbocycles. The second kappa shape index (κ2) is 11.4. The van der Waals surface area contributed by atoms with Gasteiger partial charge in [0.15, 0.2) is 0 Å². The molecule has 0 aliphatic heterocycles. The Kier molecular flexibility index (Phi) is 7.52. The van der Waals surface area contributed by atoms with Crippen LogP contribution in [0.25, 0.3) is 22.3 Å². The summed E-state index contributed by atoms with van der Waals surface area (Å²) in [7, 11) is -2.41. The van der Waals surface area contributed by atoms with Gasteiger partial charge < -0.3 is 4.74 Å². The van der Waals surface area contributed by atoms with Crippen molar-refractivity contribution in [2.24, 2.45) is 4.74 Å². The Morgan fingerprint density at radius 2 is 1.13 bits per heavy atom. The minimum absolute atomic E-state index is 0.571. The Labute approximate surface area is 240 Å². The van der Waals surface area contributed by atoms with Crippen LogP contribution in [0.15, 0.2) is 132 Å². The molecule has 2 nitrogen and oxygen atoms in total. The van der Waals surface area contributed by atoms with Crippen molar-refractivity contribution in [1.29, 1.82) is 0 Å². The molecule has 5 heteroatoms. The molecule has 0 saturated carbocycles. The van der Waals surface area contributed by atoms with Gasteiger partial charge in [-0.2, -0.15) is 0 Å². The van der Waals surface area contributed by atoms with Gasteiger partial charge in [0.1, 0.15) is 0 Å². The molecule has 0 aromatic heterocycles. The van der Waals surface area contributed by atoms with Crippen LogP contribution in [-0.4, -0.2) is 11.0 Å². The first-order chi connectivity index (χ1) is 19.2. The van der Waals surface area contributed by atoms with Gasteiger partial charge in [0.2, 0.25) is 4.38 Å². The number of hydrogen-bond acceptors (Lipinski definition) is 4.